The number of ether oxygens (including phenoxy) is 1. The summed E-state index contributed by atoms with van der Waals surface area (Å²) in [6.45, 7) is 2.38. The number of imidazole rings is 1. The summed E-state index contributed by atoms with van der Waals surface area (Å²) in [7, 11) is 1.89. The largest absolute Gasteiger partial charge is 0.378 e. The molecule has 1 aliphatic rings. The molecular formula is C17H20N4O3S. The molecule has 1 fully saturated rings. The molecule has 7 nitrogen and oxygen atoms in total. The Morgan fingerprint density at radius 3 is 2.60 bits per heavy atom. The zero-order chi connectivity index (χ0) is 17.6. The fourth-order valence-corrected chi connectivity index (χ4v) is 3.20. The molecule has 0 unspecified atom stereocenters. The van der Waals surface area contributed by atoms with E-state index in [9.17, 15) is 9.59 Å². The van der Waals surface area contributed by atoms with Crippen LogP contribution in [0.25, 0.3) is 0 Å². The van der Waals surface area contributed by atoms with Crippen LogP contribution in [0.2, 0.25) is 0 Å². The van der Waals surface area contributed by atoms with Gasteiger partial charge in [-0.05, 0) is 24.3 Å². The number of carbonyl (C=O) groups excluding carboxylic acids is 2. The number of amides is 2. The second kappa shape index (κ2) is 8.17. The second-order valence-electron chi connectivity index (χ2n) is 5.64. The molecule has 132 valence electrons. The summed E-state index contributed by atoms with van der Waals surface area (Å²) in [5.41, 5.74) is 1.28. The summed E-state index contributed by atoms with van der Waals surface area (Å²) in [4.78, 5) is 30.3. The monoisotopic (exact) mass is 360 g/mol. The second-order valence-corrected chi connectivity index (χ2v) is 6.58. The lowest BCUT2D eigenvalue weighted by Gasteiger charge is -2.26. The summed E-state index contributed by atoms with van der Waals surface area (Å²) in [5.74, 6) is 0.158. The lowest BCUT2D eigenvalue weighted by atomic mass is 10.1. The van der Waals surface area contributed by atoms with Crippen molar-refractivity contribution >= 4 is 29.3 Å². The van der Waals surface area contributed by atoms with Gasteiger partial charge in [-0.25, -0.2) is 4.98 Å². The third-order valence-corrected chi connectivity index (χ3v) is 4.88. The number of aromatic nitrogens is 2. The molecule has 0 atom stereocenters. The zero-order valence-electron chi connectivity index (χ0n) is 14.0. The van der Waals surface area contributed by atoms with Gasteiger partial charge in [0.2, 0.25) is 5.91 Å². The number of anilines is 1. The standard InChI is InChI=1S/C17H20N4O3S/c1-20-7-6-18-17(20)25-12-15(22)19-14-4-2-13(3-5-14)16(23)21-8-10-24-11-9-21/h2-7H,8-12H2,1H3,(H,19,22). The minimum absolute atomic E-state index is 0.00786. The number of rotatable bonds is 5. The first-order valence-corrected chi connectivity index (χ1v) is 8.99. The van der Waals surface area contributed by atoms with Gasteiger partial charge in [-0.1, -0.05) is 11.8 Å². The summed E-state index contributed by atoms with van der Waals surface area (Å²) in [6.07, 6.45) is 3.54. The third kappa shape index (κ3) is 4.61. The first-order chi connectivity index (χ1) is 12.1. The fraction of sp³-hybridized carbons (Fsp3) is 0.353. The minimum Gasteiger partial charge on any atom is -0.378 e. The number of nitrogens with one attached hydrogen (secondary N) is 1. The van der Waals surface area contributed by atoms with Crippen LogP contribution >= 0.6 is 11.8 Å². The highest BCUT2D eigenvalue weighted by atomic mass is 32.2. The van der Waals surface area contributed by atoms with E-state index in [0.29, 0.717) is 37.6 Å². The summed E-state index contributed by atoms with van der Waals surface area (Å²) in [6, 6.07) is 6.96. The van der Waals surface area contributed by atoms with Crippen LogP contribution in [0.3, 0.4) is 0 Å². The molecule has 0 bridgehead atoms. The lowest BCUT2D eigenvalue weighted by molar-refractivity contribution is -0.113. The van der Waals surface area contributed by atoms with Crippen LogP contribution in [0.5, 0.6) is 0 Å². The van der Waals surface area contributed by atoms with Gasteiger partial charge in [-0.15, -0.1) is 0 Å². The van der Waals surface area contributed by atoms with Crippen LogP contribution in [-0.4, -0.2) is 58.3 Å². The van der Waals surface area contributed by atoms with Gasteiger partial charge in [0, 0.05) is 43.8 Å². The van der Waals surface area contributed by atoms with Crippen LogP contribution in [0, 0.1) is 0 Å². The Balaban J connectivity index is 1.52. The van der Waals surface area contributed by atoms with Gasteiger partial charge in [-0.2, -0.15) is 0 Å². The number of hydrogen-bond donors (Lipinski definition) is 1. The first-order valence-electron chi connectivity index (χ1n) is 8.00. The fourth-order valence-electron chi connectivity index (χ4n) is 2.46. The topological polar surface area (TPSA) is 76.5 Å². The predicted molar refractivity (Wildman–Crippen MR) is 95.7 cm³/mol. The van der Waals surface area contributed by atoms with E-state index in [1.807, 2.05) is 17.8 Å². The van der Waals surface area contributed by atoms with Crippen molar-refractivity contribution in [3.05, 3.63) is 42.2 Å². The van der Waals surface area contributed by atoms with Gasteiger partial charge >= 0.3 is 0 Å². The Morgan fingerprint density at radius 2 is 1.96 bits per heavy atom. The molecule has 1 aromatic carbocycles. The van der Waals surface area contributed by atoms with E-state index in [0.717, 1.165) is 5.16 Å². The quantitative estimate of drug-likeness (QED) is 0.820. The molecule has 1 saturated heterocycles. The summed E-state index contributed by atoms with van der Waals surface area (Å²) < 4.78 is 7.12. The molecule has 2 aromatic rings. The van der Waals surface area contributed by atoms with Gasteiger partial charge in [0.25, 0.3) is 5.91 Å². The van der Waals surface area contributed by atoms with Gasteiger partial charge in [0.15, 0.2) is 5.16 Å². The van der Waals surface area contributed by atoms with Gasteiger partial charge < -0.3 is 19.5 Å². The number of thioether (sulfide) groups is 1. The van der Waals surface area contributed by atoms with Gasteiger partial charge in [0.05, 0.1) is 19.0 Å². The van der Waals surface area contributed by atoms with Crippen molar-refractivity contribution in [1.82, 2.24) is 14.5 Å². The molecule has 1 aliphatic heterocycles. The van der Waals surface area contributed by atoms with E-state index >= 15 is 0 Å². The maximum absolute atomic E-state index is 12.4. The first kappa shape index (κ1) is 17.5. The highest BCUT2D eigenvalue weighted by molar-refractivity contribution is 7.99. The normalized spacial score (nSPS) is 14.4. The number of aryl methyl sites for hydroxylation is 1. The van der Waals surface area contributed by atoms with Crippen molar-refractivity contribution < 1.29 is 14.3 Å². The molecule has 2 amide bonds. The third-order valence-electron chi connectivity index (χ3n) is 3.82. The van der Waals surface area contributed by atoms with Crippen molar-refractivity contribution in [2.45, 2.75) is 5.16 Å². The maximum atomic E-state index is 12.4. The van der Waals surface area contributed by atoms with Crippen molar-refractivity contribution in [2.24, 2.45) is 7.05 Å². The molecule has 8 heteroatoms. The SMILES string of the molecule is Cn1ccnc1SCC(=O)Nc1ccc(C(=O)N2CCOCC2)cc1. The molecule has 1 aromatic heterocycles. The molecule has 0 saturated carbocycles. The number of benzene rings is 1. The van der Waals surface area contributed by atoms with Crippen molar-refractivity contribution in [3.8, 4) is 0 Å². The van der Waals surface area contributed by atoms with Crippen LogP contribution in [0.4, 0.5) is 5.69 Å². The zero-order valence-corrected chi connectivity index (χ0v) is 14.8. The van der Waals surface area contributed by atoms with Crippen LogP contribution in [0.1, 0.15) is 10.4 Å². The van der Waals surface area contributed by atoms with E-state index in [1.165, 1.54) is 11.8 Å². The Kier molecular flexibility index (Phi) is 5.72. The molecule has 25 heavy (non-hydrogen) atoms. The highest BCUT2D eigenvalue weighted by Gasteiger charge is 2.18. The number of morpholine rings is 1. The van der Waals surface area contributed by atoms with Crippen molar-refractivity contribution in [3.63, 3.8) is 0 Å². The van der Waals surface area contributed by atoms with Crippen LogP contribution < -0.4 is 5.32 Å². The van der Waals surface area contributed by atoms with E-state index in [4.69, 9.17) is 4.74 Å². The average molecular weight is 360 g/mol. The van der Waals surface area contributed by atoms with E-state index < -0.39 is 0 Å². The summed E-state index contributed by atoms with van der Waals surface area (Å²) in [5, 5.41) is 3.62. The van der Waals surface area contributed by atoms with Crippen molar-refractivity contribution in [2.75, 3.05) is 37.4 Å². The molecular weight excluding hydrogens is 340 g/mol. The Hall–Kier alpha value is -2.32. The van der Waals surface area contributed by atoms with Crippen LogP contribution in [0.15, 0.2) is 41.8 Å². The predicted octanol–water partition coefficient (Wildman–Crippen LogP) is 1.62. The number of nitrogens with zero attached hydrogens (tertiary/aromatic N) is 3. The van der Waals surface area contributed by atoms with Crippen LogP contribution in [-0.2, 0) is 16.6 Å². The molecule has 0 radical (unpaired) electrons. The molecule has 0 spiro atoms. The molecule has 2 heterocycles. The molecule has 0 aliphatic carbocycles. The maximum Gasteiger partial charge on any atom is 0.254 e. The average Bonchev–Trinajstić information content (AvgIpc) is 3.06. The molecule has 3 rings (SSSR count). The Labute approximate surface area is 150 Å². The number of carbonyl (C=O) groups is 2. The van der Waals surface area contributed by atoms with Gasteiger partial charge in [0.1, 0.15) is 0 Å². The highest BCUT2D eigenvalue weighted by Crippen LogP contribution is 2.16. The minimum atomic E-state index is -0.111. The van der Waals surface area contributed by atoms with Crippen molar-refractivity contribution in [1.29, 1.82) is 0 Å². The smallest absolute Gasteiger partial charge is 0.254 e. The Bertz CT molecular complexity index is 739. The van der Waals surface area contributed by atoms with E-state index in [-0.39, 0.29) is 17.6 Å². The van der Waals surface area contributed by atoms with Gasteiger partial charge in [-0.3, -0.25) is 9.59 Å². The number of hydrogen-bond acceptors (Lipinski definition) is 5. The molecule has 1 N–H and O–H groups in total. The lowest BCUT2D eigenvalue weighted by Crippen LogP contribution is -2.40. The van der Waals surface area contributed by atoms with E-state index in [2.05, 4.69) is 10.3 Å². The summed E-state index contributed by atoms with van der Waals surface area (Å²) >= 11 is 1.38. The van der Waals surface area contributed by atoms with E-state index in [1.54, 1.807) is 35.4 Å². The Morgan fingerprint density at radius 1 is 1.24 bits per heavy atom.